The molecule has 0 spiro atoms. The number of hydrogen-bond donors (Lipinski definition) is 1. The molecule has 0 bridgehead atoms. The Morgan fingerprint density at radius 2 is 2.29 bits per heavy atom. The molecule has 0 saturated carbocycles. The van der Waals surface area contributed by atoms with Gasteiger partial charge in [-0.25, -0.2) is 0 Å². The van der Waals surface area contributed by atoms with E-state index in [9.17, 15) is 10.1 Å². The zero-order valence-corrected chi connectivity index (χ0v) is 11.8. The van der Waals surface area contributed by atoms with Crippen LogP contribution in [0.25, 0.3) is 11.4 Å². The summed E-state index contributed by atoms with van der Waals surface area (Å²) >= 11 is 0. The van der Waals surface area contributed by atoms with Gasteiger partial charge < -0.3 is 9.63 Å². The molecule has 1 N–H and O–H groups in total. The fraction of sp³-hybridized carbons (Fsp3) is 0.385. The van der Waals surface area contributed by atoms with Crippen LogP contribution in [0.15, 0.2) is 28.8 Å². The second kappa shape index (κ2) is 6.42. The van der Waals surface area contributed by atoms with Crippen LogP contribution in [-0.4, -0.2) is 44.8 Å². The molecule has 8 nitrogen and oxygen atoms in total. The molecule has 1 atom stereocenters. The average molecular weight is 292 g/mol. The molecule has 1 heterocycles. The van der Waals surface area contributed by atoms with Crippen LogP contribution in [-0.2, 0) is 6.54 Å². The van der Waals surface area contributed by atoms with E-state index in [2.05, 4.69) is 10.1 Å². The van der Waals surface area contributed by atoms with E-state index >= 15 is 0 Å². The standard InChI is InChI=1S/C13H16N4O4/c1-9(8-18)16(2)7-12-14-13(15-21-12)10-4-3-5-11(6-10)17(19)20/h3-6,9,18H,7-8H2,1-2H3/t9-/m1/s1. The van der Waals surface area contributed by atoms with Crippen LogP contribution in [0.4, 0.5) is 5.69 Å². The minimum Gasteiger partial charge on any atom is -0.395 e. The van der Waals surface area contributed by atoms with Crippen LogP contribution in [0.1, 0.15) is 12.8 Å². The molecule has 0 aliphatic heterocycles. The van der Waals surface area contributed by atoms with Crippen molar-refractivity contribution < 1.29 is 14.6 Å². The number of nitro benzene ring substituents is 1. The molecule has 1 aromatic carbocycles. The normalized spacial score (nSPS) is 12.6. The lowest BCUT2D eigenvalue weighted by Crippen LogP contribution is -2.31. The molecule has 0 radical (unpaired) electrons. The molecule has 1 aromatic heterocycles. The second-order valence-electron chi connectivity index (χ2n) is 4.77. The maximum absolute atomic E-state index is 10.8. The monoisotopic (exact) mass is 292 g/mol. The Bertz CT molecular complexity index is 628. The summed E-state index contributed by atoms with van der Waals surface area (Å²) in [7, 11) is 1.83. The van der Waals surface area contributed by atoms with Gasteiger partial charge in [0, 0.05) is 23.7 Å². The lowest BCUT2D eigenvalue weighted by molar-refractivity contribution is -0.384. The number of rotatable bonds is 6. The minimum atomic E-state index is -0.471. The molecule has 0 aliphatic carbocycles. The summed E-state index contributed by atoms with van der Waals surface area (Å²) in [5.41, 5.74) is 0.502. The first kappa shape index (κ1) is 15.1. The predicted octanol–water partition coefficient (Wildman–Crippen LogP) is 1.46. The van der Waals surface area contributed by atoms with Crippen molar-refractivity contribution in [3.8, 4) is 11.4 Å². The maximum atomic E-state index is 10.8. The van der Waals surface area contributed by atoms with Crippen molar-refractivity contribution >= 4 is 5.69 Å². The van der Waals surface area contributed by atoms with Crippen LogP contribution < -0.4 is 0 Å². The Labute approximate surface area is 121 Å². The van der Waals surface area contributed by atoms with Crippen LogP contribution >= 0.6 is 0 Å². The highest BCUT2D eigenvalue weighted by atomic mass is 16.6. The maximum Gasteiger partial charge on any atom is 0.270 e. The average Bonchev–Trinajstić information content (AvgIpc) is 2.95. The third kappa shape index (κ3) is 3.61. The van der Waals surface area contributed by atoms with E-state index in [4.69, 9.17) is 9.63 Å². The summed E-state index contributed by atoms with van der Waals surface area (Å²) in [6.45, 7) is 2.30. The van der Waals surface area contributed by atoms with Gasteiger partial charge in [-0.3, -0.25) is 15.0 Å². The van der Waals surface area contributed by atoms with Crippen molar-refractivity contribution in [2.24, 2.45) is 0 Å². The summed E-state index contributed by atoms with van der Waals surface area (Å²) in [5, 5.41) is 23.7. The van der Waals surface area contributed by atoms with Gasteiger partial charge in [-0.15, -0.1) is 0 Å². The van der Waals surface area contributed by atoms with E-state index in [1.54, 1.807) is 12.1 Å². The van der Waals surface area contributed by atoms with E-state index in [0.717, 1.165) is 0 Å². The zero-order chi connectivity index (χ0) is 15.4. The van der Waals surface area contributed by atoms with Crippen molar-refractivity contribution in [3.63, 3.8) is 0 Å². The Balaban J connectivity index is 2.16. The lowest BCUT2D eigenvalue weighted by Gasteiger charge is -2.20. The molecule has 0 fully saturated rings. The Kier molecular flexibility index (Phi) is 4.61. The summed E-state index contributed by atoms with van der Waals surface area (Å²) in [5.74, 6) is 0.693. The first-order chi connectivity index (χ1) is 10.0. The number of non-ortho nitro benzene ring substituents is 1. The van der Waals surface area contributed by atoms with Crippen molar-refractivity contribution in [2.45, 2.75) is 19.5 Å². The molecule has 112 valence electrons. The fourth-order valence-electron chi connectivity index (χ4n) is 1.70. The van der Waals surface area contributed by atoms with Gasteiger partial charge in [0.25, 0.3) is 5.69 Å². The van der Waals surface area contributed by atoms with Gasteiger partial charge in [0.2, 0.25) is 11.7 Å². The largest absolute Gasteiger partial charge is 0.395 e. The van der Waals surface area contributed by atoms with Crippen LogP contribution in [0.5, 0.6) is 0 Å². The highest BCUT2D eigenvalue weighted by Crippen LogP contribution is 2.21. The highest BCUT2D eigenvalue weighted by Gasteiger charge is 2.15. The van der Waals surface area contributed by atoms with Crippen LogP contribution in [0.3, 0.4) is 0 Å². The topological polar surface area (TPSA) is 106 Å². The number of aliphatic hydroxyl groups excluding tert-OH is 1. The number of aliphatic hydroxyl groups is 1. The van der Waals surface area contributed by atoms with Gasteiger partial charge in [-0.2, -0.15) is 4.98 Å². The first-order valence-electron chi connectivity index (χ1n) is 6.39. The van der Waals surface area contributed by atoms with Crippen molar-refractivity contribution in [1.82, 2.24) is 15.0 Å². The molecule has 21 heavy (non-hydrogen) atoms. The number of nitro groups is 1. The number of likely N-dealkylation sites (N-methyl/N-ethyl adjacent to an activating group) is 1. The molecular weight excluding hydrogens is 276 g/mol. The van der Waals surface area contributed by atoms with Gasteiger partial charge in [0.15, 0.2) is 0 Å². The van der Waals surface area contributed by atoms with Crippen LogP contribution in [0.2, 0.25) is 0 Å². The summed E-state index contributed by atoms with van der Waals surface area (Å²) in [6, 6.07) is 6.03. The van der Waals surface area contributed by atoms with E-state index in [-0.39, 0.29) is 18.3 Å². The smallest absolute Gasteiger partial charge is 0.270 e. The van der Waals surface area contributed by atoms with Crippen LogP contribution in [0, 0.1) is 10.1 Å². The van der Waals surface area contributed by atoms with E-state index in [1.165, 1.54) is 12.1 Å². The van der Waals surface area contributed by atoms with Crippen molar-refractivity contribution in [1.29, 1.82) is 0 Å². The lowest BCUT2D eigenvalue weighted by atomic mass is 10.2. The number of benzene rings is 1. The Morgan fingerprint density at radius 1 is 1.52 bits per heavy atom. The molecule has 2 rings (SSSR count). The fourth-order valence-corrected chi connectivity index (χ4v) is 1.70. The molecule has 0 aliphatic rings. The van der Waals surface area contributed by atoms with E-state index in [0.29, 0.717) is 23.8 Å². The third-order valence-electron chi connectivity index (χ3n) is 3.18. The molecule has 2 aromatic rings. The minimum absolute atomic E-state index is 0.0233. The van der Waals surface area contributed by atoms with Gasteiger partial charge in [-0.1, -0.05) is 17.3 Å². The number of hydrogen-bond acceptors (Lipinski definition) is 7. The summed E-state index contributed by atoms with van der Waals surface area (Å²) in [4.78, 5) is 16.4. The molecular formula is C13H16N4O4. The molecule has 8 heteroatoms. The van der Waals surface area contributed by atoms with Crippen molar-refractivity contribution in [2.75, 3.05) is 13.7 Å². The first-order valence-corrected chi connectivity index (χ1v) is 6.39. The van der Waals surface area contributed by atoms with Gasteiger partial charge in [-0.05, 0) is 14.0 Å². The Hall–Kier alpha value is -2.32. The predicted molar refractivity (Wildman–Crippen MR) is 74.4 cm³/mol. The van der Waals surface area contributed by atoms with E-state index < -0.39 is 4.92 Å². The molecule has 0 amide bonds. The Morgan fingerprint density at radius 3 is 2.95 bits per heavy atom. The molecule has 0 saturated heterocycles. The highest BCUT2D eigenvalue weighted by molar-refractivity contribution is 5.58. The van der Waals surface area contributed by atoms with Gasteiger partial charge in [0.05, 0.1) is 18.1 Å². The SMILES string of the molecule is C[C@H](CO)N(C)Cc1nc(-c2cccc([N+](=O)[O-])c2)no1. The summed E-state index contributed by atoms with van der Waals surface area (Å²) in [6.07, 6.45) is 0. The summed E-state index contributed by atoms with van der Waals surface area (Å²) < 4.78 is 5.13. The second-order valence-corrected chi connectivity index (χ2v) is 4.77. The molecule has 0 unspecified atom stereocenters. The zero-order valence-electron chi connectivity index (χ0n) is 11.8. The van der Waals surface area contributed by atoms with E-state index in [1.807, 2.05) is 18.9 Å². The van der Waals surface area contributed by atoms with Gasteiger partial charge in [0.1, 0.15) is 0 Å². The van der Waals surface area contributed by atoms with Crippen molar-refractivity contribution in [3.05, 3.63) is 40.3 Å². The number of aromatic nitrogens is 2. The number of nitrogens with zero attached hydrogens (tertiary/aromatic N) is 4. The van der Waals surface area contributed by atoms with Gasteiger partial charge >= 0.3 is 0 Å². The third-order valence-corrected chi connectivity index (χ3v) is 3.18. The quantitative estimate of drug-likeness (QED) is 0.634.